The quantitative estimate of drug-likeness (QED) is 0.271. The Kier molecular flexibility index (Phi) is 7.96. The first-order valence-corrected chi connectivity index (χ1v) is 12.7. The maximum absolute atomic E-state index is 13.7. The van der Waals surface area contributed by atoms with Gasteiger partial charge in [-0.1, -0.05) is 111 Å². The Hall–Kier alpha value is -4.18. The maximum atomic E-state index is 13.7. The summed E-state index contributed by atoms with van der Waals surface area (Å²) in [6, 6.07) is 34.4. The van der Waals surface area contributed by atoms with Crippen LogP contribution in [0.4, 0.5) is 0 Å². The number of carbonyl (C=O) groups is 1. The number of benzene rings is 4. The molecule has 4 aromatic carbocycles. The summed E-state index contributed by atoms with van der Waals surface area (Å²) < 4.78 is 2.02. The van der Waals surface area contributed by atoms with Crippen LogP contribution in [0.3, 0.4) is 0 Å². The van der Waals surface area contributed by atoms with Crippen LogP contribution >= 0.6 is 0 Å². The van der Waals surface area contributed by atoms with Crippen molar-refractivity contribution in [2.24, 2.45) is 0 Å². The van der Waals surface area contributed by atoms with Gasteiger partial charge in [-0.05, 0) is 36.2 Å². The van der Waals surface area contributed by atoms with Crippen LogP contribution in [0.1, 0.15) is 49.8 Å². The molecule has 0 aliphatic carbocycles. The fourth-order valence-electron chi connectivity index (χ4n) is 4.43. The molecule has 0 aliphatic heterocycles. The van der Waals surface area contributed by atoms with Gasteiger partial charge in [0, 0.05) is 17.7 Å². The van der Waals surface area contributed by atoms with Gasteiger partial charge in [0.15, 0.2) is 0 Å². The predicted octanol–water partition coefficient (Wildman–Crippen LogP) is 7.91. The van der Waals surface area contributed by atoms with Crippen LogP contribution in [0.25, 0.3) is 33.4 Å². The fraction of sp³-hybridized carbons (Fsp3) is 0.188. The number of nitrogens with zero attached hydrogens (tertiary/aromatic N) is 2. The summed E-state index contributed by atoms with van der Waals surface area (Å²) in [7, 11) is 0. The fourth-order valence-corrected chi connectivity index (χ4v) is 4.43. The number of amides is 1. The molecule has 5 aromatic rings. The number of nitrogens with one attached hydrogen (secondary N) is 1. The molecule has 1 heterocycles. The van der Waals surface area contributed by atoms with Crippen molar-refractivity contribution in [1.29, 1.82) is 0 Å². The largest absolute Gasteiger partial charge is 0.344 e. The highest BCUT2D eigenvalue weighted by atomic mass is 16.2. The van der Waals surface area contributed by atoms with Crippen molar-refractivity contribution in [2.45, 2.75) is 40.3 Å². The molecule has 1 amide bonds. The van der Waals surface area contributed by atoms with E-state index in [4.69, 9.17) is 4.98 Å². The molecule has 0 spiro atoms. The van der Waals surface area contributed by atoms with Crippen LogP contribution in [0.15, 0.2) is 103 Å². The Labute approximate surface area is 213 Å². The molecule has 0 radical (unpaired) electrons. The standard InChI is InChI=1S/C30H27N3O.C2H6/c1-3-33-28(30(34)31-21(2)22-12-6-4-7-13-22)27(32-29(33)24-15-8-5-9-16-24)26-19-18-23-14-10-11-17-25(23)20-26;1-2/h4-21H,3H2,1-2H3,(H,31,34);1-2H3. The van der Waals surface area contributed by atoms with Gasteiger partial charge in [0.25, 0.3) is 5.91 Å². The van der Waals surface area contributed by atoms with Crippen LogP contribution in [0.5, 0.6) is 0 Å². The first-order valence-electron chi connectivity index (χ1n) is 12.7. The van der Waals surface area contributed by atoms with Crippen molar-refractivity contribution in [3.63, 3.8) is 0 Å². The summed E-state index contributed by atoms with van der Waals surface area (Å²) in [6.45, 7) is 8.69. The predicted molar refractivity (Wildman–Crippen MR) is 150 cm³/mol. The van der Waals surface area contributed by atoms with Gasteiger partial charge in [-0.2, -0.15) is 0 Å². The normalized spacial score (nSPS) is 11.4. The zero-order chi connectivity index (χ0) is 25.5. The minimum Gasteiger partial charge on any atom is -0.344 e. The lowest BCUT2D eigenvalue weighted by atomic mass is 10.0. The monoisotopic (exact) mass is 475 g/mol. The SMILES string of the molecule is CC.CCn1c(-c2ccccc2)nc(-c2ccc3ccccc3c2)c1C(=O)NC(C)c1ccccc1. The maximum Gasteiger partial charge on any atom is 0.270 e. The third-order valence-corrected chi connectivity index (χ3v) is 6.20. The van der Waals surface area contributed by atoms with E-state index in [9.17, 15) is 4.79 Å². The average Bonchev–Trinajstić information content (AvgIpc) is 3.35. The third kappa shape index (κ3) is 5.08. The van der Waals surface area contributed by atoms with Crippen LogP contribution in [-0.4, -0.2) is 15.5 Å². The topological polar surface area (TPSA) is 46.9 Å². The van der Waals surface area contributed by atoms with E-state index in [2.05, 4.69) is 42.6 Å². The highest BCUT2D eigenvalue weighted by Crippen LogP contribution is 2.32. The van der Waals surface area contributed by atoms with Gasteiger partial charge in [0.2, 0.25) is 0 Å². The Morgan fingerprint density at radius 3 is 2.08 bits per heavy atom. The third-order valence-electron chi connectivity index (χ3n) is 6.20. The van der Waals surface area contributed by atoms with Crippen molar-refractivity contribution in [3.8, 4) is 22.6 Å². The molecule has 36 heavy (non-hydrogen) atoms. The van der Waals surface area contributed by atoms with Crippen molar-refractivity contribution in [2.75, 3.05) is 0 Å². The van der Waals surface area contributed by atoms with Crippen molar-refractivity contribution in [1.82, 2.24) is 14.9 Å². The Balaban J connectivity index is 0.00000148. The molecule has 0 saturated heterocycles. The molecule has 1 atom stereocenters. The molecule has 0 fully saturated rings. The van der Waals surface area contributed by atoms with Gasteiger partial charge in [-0.3, -0.25) is 4.79 Å². The number of hydrogen-bond acceptors (Lipinski definition) is 2. The second-order valence-electron chi connectivity index (χ2n) is 8.41. The zero-order valence-electron chi connectivity index (χ0n) is 21.4. The van der Waals surface area contributed by atoms with Gasteiger partial charge in [-0.25, -0.2) is 4.98 Å². The summed E-state index contributed by atoms with van der Waals surface area (Å²) >= 11 is 0. The van der Waals surface area contributed by atoms with Crippen LogP contribution in [0.2, 0.25) is 0 Å². The van der Waals surface area contributed by atoms with Gasteiger partial charge in [-0.15, -0.1) is 0 Å². The summed E-state index contributed by atoms with van der Waals surface area (Å²) in [4.78, 5) is 18.8. The molecular weight excluding hydrogens is 442 g/mol. The van der Waals surface area contributed by atoms with Crippen molar-refractivity contribution < 1.29 is 4.79 Å². The van der Waals surface area contributed by atoms with Crippen LogP contribution in [0, 0.1) is 0 Å². The van der Waals surface area contributed by atoms with Gasteiger partial charge in [0.05, 0.1) is 6.04 Å². The molecule has 1 N–H and O–H groups in total. The Morgan fingerprint density at radius 2 is 1.42 bits per heavy atom. The Morgan fingerprint density at radius 1 is 0.806 bits per heavy atom. The first kappa shape index (κ1) is 24.9. The van der Waals surface area contributed by atoms with E-state index in [1.807, 2.05) is 98.1 Å². The van der Waals surface area contributed by atoms with E-state index in [1.54, 1.807) is 0 Å². The number of hydrogen-bond donors (Lipinski definition) is 1. The molecule has 182 valence electrons. The minimum atomic E-state index is -0.129. The van der Waals surface area contributed by atoms with E-state index in [0.29, 0.717) is 17.9 Å². The lowest BCUT2D eigenvalue weighted by Gasteiger charge is -2.16. The van der Waals surface area contributed by atoms with E-state index in [-0.39, 0.29) is 11.9 Å². The number of fused-ring (bicyclic) bond motifs is 1. The lowest BCUT2D eigenvalue weighted by molar-refractivity contribution is 0.0931. The summed E-state index contributed by atoms with van der Waals surface area (Å²) in [6.07, 6.45) is 0. The van der Waals surface area contributed by atoms with Crippen LogP contribution < -0.4 is 5.32 Å². The molecular formula is C32H33N3O. The average molecular weight is 476 g/mol. The Bertz CT molecular complexity index is 1440. The molecule has 4 nitrogen and oxygen atoms in total. The highest BCUT2D eigenvalue weighted by Gasteiger charge is 2.25. The minimum absolute atomic E-state index is 0.126. The van der Waals surface area contributed by atoms with Crippen molar-refractivity contribution in [3.05, 3.63) is 114 Å². The summed E-state index contributed by atoms with van der Waals surface area (Å²) in [5.74, 6) is 0.666. The zero-order valence-corrected chi connectivity index (χ0v) is 21.4. The molecule has 1 aromatic heterocycles. The van der Waals surface area contributed by atoms with Gasteiger partial charge in [0.1, 0.15) is 17.2 Å². The number of rotatable bonds is 6. The first-order chi connectivity index (χ1) is 17.7. The van der Waals surface area contributed by atoms with E-state index in [0.717, 1.165) is 33.3 Å². The molecule has 0 bridgehead atoms. The number of aromatic nitrogens is 2. The second kappa shape index (κ2) is 11.5. The molecule has 1 unspecified atom stereocenters. The van der Waals surface area contributed by atoms with Crippen molar-refractivity contribution >= 4 is 16.7 Å². The number of imidazole rings is 1. The van der Waals surface area contributed by atoms with Crippen LogP contribution in [-0.2, 0) is 6.54 Å². The number of carbonyl (C=O) groups excluding carboxylic acids is 1. The molecule has 0 saturated carbocycles. The van der Waals surface area contributed by atoms with E-state index >= 15 is 0 Å². The lowest BCUT2D eigenvalue weighted by Crippen LogP contribution is -2.29. The molecule has 0 aliphatic rings. The highest BCUT2D eigenvalue weighted by molar-refractivity contribution is 6.01. The molecule has 4 heteroatoms. The van der Waals surface area contributed by atoms with Gasteiger partial charge >= 0.3 is 0 Å². The summed E-state index contributed by atoms with van der Waals surface area (Å²) in [5, 5.41) is 5.48. The second-order valence-corrected chi connectivity index (χ2v) is 8.41. The van der Waals surface area contributed by atoms with E-state index < -0.39 is 0 Å². The molecule has 5 rings (SSSR count). The van der Waals surface area contributed by atoms with E-state index in [1.165, 1.54) is 0 Å². The van der Waals surface area contributed by atoms with Gasteiger partial charge < -0.3 is 9.88 Å². The smallest absolute Gasteiger partial charge is 0.270 e. The summed E-state index contributed by atoms with van der Waals surface area (Å²) in [5.41, 5.74) is 4.26.